The lowest BCUT2D eigenvalue weighted by Crippen LogP contribution is -2.23. The normalized spacial score (nSPS) is 14.5. The average molecular weight is 341 g/mol. The Bertz CT molecular complexity index is 898. The number of rotatable bonds is 4. The highest BCUT2D eigenvalue weighted by Gasteiger charge is 2.21. The van der Waals surface area contributed by atoms with Crippen LogP contribution >= 0.6 is 0 Å². The van der Waals surface area contributed by atoms with Gasteiger partial charge in [0.25, 0.3) is 10.0 Å². The molecule has 0 spiro atoms. The molecule has 122 valence electrons. The SMILES string of the molecule is N#Cc1ccc(S(=O)(=O)Nc2ccc(N3CCCC3=O)cc2)cc1. The number of nitrogens with zero attached hydrogens (tertiary/aromatic N) is 2. The summed E-state index contributed by atoms with van der Waals surface area (Å²) in [7, 11) is -3.72. The molecule has 0 radical (unpaired) electrons. The smallest absolute Gasteiger partial charge is 0.261 e. The number of carbonyl (C=O) groups excluding carboxylic acids is 1. The maximum absolute atomic E-state index is 12.3. The number of hydrogen-bond acceptors (Lipinski definition) is 4. The maximum atomic E-state index is 12.3. The van der Waals surface area contributed by atoms with Gasteiger partial charge in [-0.25, -0.2) is 8.42 Å². The Morgan fingerprint density at radius 2 is 1.71 bits per heavy atom. The van der Waals surface area contributed by atoms with E-state index in [1.807, 2.05) is 6.07 Å². The first-order chi connectivity index (χ1) is 11.5. The minimum atomic E-state index is -3.72. The van der Waals surface area contributed by atoms with Gasteiger partial charge in [-0.1, -0.05) is 0 Å². The van der Waals surface area contributed by atoms with Gasteiger partial charge in [0.15, 0.2) is 0 Å². The molecule has 1 aliphatic heterocycles. The van der Waals surface area contributed by atoms with Crippen LogP contribution in [0.15, 0.2) is 53.4 Å². The number of hydrogen-bond donors (Lipinski definition) is 1. The zero-order valence-electron chi connectivity index (χ0n) is 12.8. The lowest BCUT2D eigenvalue weighted by molar-refractivity contribution is -0.117. The summed E-state index contributed by atoms with van der Waals surface area (Å²) in [5.74, 6) is 0.0842. The summed E-state index contributed by atoms with van der Waals surface area (Å²) in [4.78, 5) is 13.5. The zero-order chi connectivity index (χ0) is 17.2. The third-order valence-corrected chi connectivity index (χ3v) is 5.20. The van der Waals surface area contributed by atoms with E-state index in [9.17, 15) is 13.2 Å². The summed E-state index contributed by atoms with van der Waals surface area (Å²) in [6, 6.07) is 14.3. The largest absolute Gasteiger partial charge is 0.312 e. The molecule has 6 nitrogen and oxygen atoms in total. The van der Waals surface area contributed by atoms with Crippen LogP contribution in [0.2, 0.25) is 0 Å². The highest BCUT2D eigenvalue weighted by atomic mass is 32.2. The van der Waals surface area contributed by atoms with Gasteiger partial charge in [-0.15, -0.1) is 0 Å². The lowest BCUT2D eigenvalue weighted by Gasteiger charge is -2.16. The van der Waals surface area contributed by atoms with Crippen LogP contribution in [0.5, 0.6) is 0 Å². The van der Waals surface area contributed by atoms with Crippen molar-refractivity contribution < 1.29 is 13.2 Å². The number of sulfonamides is 1. The lowest BCUT2D eigenvalue weighted by atomic mass is 10.2. The highest BCUT2D eigenvalue weighted by Crippen LogP contribution is 2.24. The molecule has 7 heteroatoms. The van der Waals surface area contributed by atoms with Crippen LogP contribution in [-0.2, 0) is 14.8 Å². The molecule has 0 unspecified atom stereocenters. The van der Waals surface area contributed by atoms with Crippen LogP contribution in [0, 0.1) is 11.3 Å². The van der Waals surface area contributed by atoms with Gasteiger partial charge >= 0.3 is 0 Å². The van der Waals surface area contributed by atoms with Crippen molar-refractivity contribution in [3.8, 4) is 6.07 Å². The molecule has 0 bridgehead atoms. The molecule has 0 aromatic heterocycles. The molecular formula is C17H15N3O3S. The Morgan fingerprint density at radius 1 is 1.04 bits per heavy atom. The molecule has 24 heavy (non-hydrogen) atoms. The first-order valence-corrected chi connectivity index (χ1v) is 8.91. The molecule has 2 aromatic carbocycles. The molecule has 2 aromatic rings. The van der Waals surface area contributed by atoms with E-state index in [-0.39, 0.29) is 10.8 Å². The maximum Gasteiger partial charge on any atom is 0.261 e. The van der Waals surface area contributed by atoms with Gasteiger partial charge in [0.1, 0.15) is 0 Å². The number of nitrogens with one attached hydrogen (secondary N) is 1. The van der Waals surface area contributed by atoms with E-state index in [4.69, 9.17) is 5.26 Å². The molecule has 3 rings (SSSR count). The van der Waals surface area contributed by atoms with Crippen LogP contribution in [-0.4, -0.2) is 20.9 Å². The standard InChI is InChI=1S/C17H15N3O3S/c18-12-13-3-9-16(10-4-13)24(22,23)19-14-5-7-15(8-6-14)20-11-1-2-17(20)21/h3-10,19H,1-2,11H2. The third kappa shape index (κ3) is 3.24. The topological polar surface area (TPSA) is 90.3 Å². The molecule has 1 saturated heterocycles. The molecular weight excluding hydrogens is 326 g/mol. The van der Waals surface area contributed by atoms with Crippen molar-refractivity contribution in [2.75, 3.05) is 16.2 Å². The number of carbonyl (C=O) groups is 1. The molecule has 1 heterocycles. The van der Waals surface area contributed by atoms with E-state index in [0.29, 0.717) is 24.2 Å². The predicted molar refractivity (Wildman–Crippen MR) is 90.0 cm³/mol. The van der Waals surface area contributed by atoms with E-state index in [2.05, 4.69) is 4.72 Å². The minimum absolute atomic E-state index is 0.0836. The van der Waals surface area contributed by atoms with Gasteiger partial charge in [0, 0.05) is 24.3 Å². The van der Waals surface area contributed by atoms with Crippen molar-refractivity contribution in [2.45, 2.75) is 17.7 Å². The highest BCUT2D eigenvalue weighted by molar-refractivity contribution is 7.92. The summed E-state index contributed by atoms with van der Waals surface area (Å²) in [6.07, 6.45) is 1.39. The van der Waals surface area contributed by atoms with E-state index in [0.717, 1.165) is 12.1 Å². The molecule has 1 aliphatic rings. The van der Waals surface area contributed by atoms with Gasteiger partial charge in [-0.05, 0) is 55.0 Å². The van der Waals surface area contributed by atoms with E-state index < -0.39 is 10.0 Å². The monoisotopic (exact) mass is 341 g/mol. The fraction of sp³-hybridized carbons (Fsp3) is 0.176. The number of nitriles is 1. The van der Waals surface area contributed by atoms with Crippen LogP contribution in [0.3, 0.4) is 0 Å². The van der Waals surface area contributed by atoms with Gasteiger partial charge in [-0.3, -0.25) is 9.52 Å². The summed E-state index contributed by atoms with van der Waals surface area (Å²) in [5.41, 5.74) is 1.57. The Balaban J connectivity index is 1.77. The molecule has 0 atom stereocenters. The number of amides is 1. The second-order valence-electron chi connectivity index (χ2n) is 5.44. The molecule has 1 fully saturated rings. The summed E-state index contributed by atoms with van der Waals surface area (Å²) in [6.45, 7) is 0.690. The molecule has 1 N–H and O–H groups in total. The Hall–Kier alpha value is -2.85. The molecule has 0 saturated carbocycles. The van der Waals surface area contributed by atoms with Crippen molar-refractivity contribution in [3.63, 3.8) is 0 Å². The molecule has 0 aliphatic carbocycles. The predicted octanol–water partition coefficient (Wildman–Crippen LogP) is 2.49. The van der Waals surface area contributed by atoms with Crippen LogP contribution in [0.1, 0.15) is 18.4 Å². The Kier molecular flexibility index (Phi) is 4.23. The fourth-order valence-electron chi connectivity index (χ4n) is 2.55. The van der Waals surface area contributed by atoms with Crippen molar-refractivity contribution in [3.05, 3.63) is 54.1 Å². The fourth-order valence-corrected chi connectivity index (χ4v) is 3.61. The van der Waals surface area contributed by atoms with Gasteiger partial charge in [0.2, 0.25) is 5.91 Å². The minimum Gasteiger partial charge on any atom is -0.312 e. The van der Waals surface area contributed by atoms with Gasteiger partial charge < -0.3 is 4.90 Å². The second kappa shape index (κ2) is 6.34. The average Bonchev–Trinajstić information content (AvgIpc) is 3.01. The summed E-state index contributed by atoms with van der Waals surface area (Å²) < 4.78 is 27.2. The van der Waals surface area contributed by atoms with Gasteiger partial charge in [0.05, 0.1) is 16.5 Å². The van der Waals surface area contributed by atoms with Crippen molar-refractivity contribution in [2.24, 2.45) is 0 Å². The van der Waals surface area contributed by atoms with E-state index in [1.165, 1.54) is 24.3 Å². The first-order valence-electron chi connectivity index (χ1n) is 7.43. The van der Waals surface area contributed by atoms with Crippen molar-refractivity contribution >= 4 is 27.3 Å². The van der Waals surface area contributed by atoms with E-state index >= 15 is 0 Å². The second-order valence-corrected chi connectivity index (χ2v) is 7.12. The van der Waals surface area contributed by atoms with E-state index in [1.54, 1.807) is 29.2 Å². The summed E-state index contributed by atoms with van der Waals surface area (Å²) >= 11 is 0. The Morgan fingerprint density at radius 3 is 2.25 bits per heavy atom. The van der Waals surface area contributed by atoms with Gasteiger partial charge in [-0.2, -0.15) is 5.26 Å². The van der Waals surface area contributed by atoms with Crippen LogP contribution in [0.4, 0.5) is 11.4 Å². The number of benzene rings is 2. The number of anilines is 2. The molecule has 1 amide bonds. The van der Waals surface area contributed by atoms with Crippen LogP contribution < -0.4 is 9.62 Å². The Labute approximate surface area is 140 Å². The van der Waals surface area contributed by atoms with Crippen molar-refractivity contribution in [1.29, 1.82) is 5.26 Å². The zero-order valence-corrected chi connectivity index (χ0v) is 13.6. The van der Waals surface area contributed by atoms with Crippen LogP contribution in [0.25, 0.3) is 0 Å². The quantitative estimate of drug-likeness (QED) is 0.925. The summed E-state index contributed by atoms with van der Waals surface area (Å²) in [5, 5.41) is 8.76. The van der Waals surface area contributed by atoms with Crippen molar-refractivity contribution in [1.82, 2.24) is 0 Å². The third-order valence-electron chi connectivity index (χ3n) is 3.80. The first kappa shape index (κ1) is 16.0.